The topological polar surface area (TPSA) is 70.7 Å². The summed E-state index contributed by atoms with van der Waals surface area (Å²) in [6.45, 7) is 3.02. The van der Waals surface area contributed by atoms with E-state index in [1.165, 1.54) is 0 Å². The molecule has 0 bridgehead atoms. The summed E-state index contributed by atoms with van der Waals surface area (Å²) in [7, 11) is 1.87. The number of anilines is 1. The Labute approximate surface area is 163 Å². The van der Waals surface area contributed by atoms with Gasteiger partial charge in [0.2, 0.25) is 5.91 Å². The molecule has 2 N–H and O–H groups in total. The van der Waals surface area contributed by atoms with Crippen LogP contribution < -0.4 is 15.4 Å². The first-order valence-electron chi connectivity index (χ1n) is 8.71. The minimum absolute atomic E-state index is 0.0594. The zero-order valence-corrected chi connectivity index (χ0v) is 16.0. The minimum Gasteiger partial charge on any atom is -0.479 e. The Morgan fingerprint density at radius 2 is 1.93 bits per heavy atom. The molecule has 3 rings (SSSR count). The molecular formula is C20H22ClN3O3. The fraction of sp³-hybridized carbons (Fsp3) is 0.300. The molecule has 1 aliphatic rings. The van der Waals surface area contributed by atoms with Gasteiger partial charge in [-0.1, -0.05) is 29.8 Å². The molecule has 2 amide bonds. The van der Waals surface area contributed by atoms with Gasteiger partial charge >= 0.3 is 0 Å². The van der Waals surface area contributed by atoms with E-state index in [0.29, 0.717) is 29.5 Å². The maximum absolute atomic E-state index is 12.1. The highest BCUT2D eigenvalue weighted by molar-refractivity contribution is 6.30. The highest BCUT2D eigenvalue weighted by Crippen LogP contribution is 2.30. The standard InChI is InChI=1S/C20H22ClN3O3/c1-13-20(26)23-17-9-15(5-8-18(17)27-13)11-24(2)12-19(25)22-10-14-3-6-16(21)7-4-14/h3-9,13H,10-12H2,1-2H3,(H,22,25)(H,23,26). The van der Waals surface area contributed by atoms with Crippen LogP contribution in [-0.4, -0.2) is 36.4 Å². The number of likely N-dealkylation sites (N-methyl/N-ethyl adjacent to an activating group) is 1. The predicted octanol–water partition coefficient (Wildman–Crippen LogP) is 2.81. The zero-order valence-electron chi connectivity index (χ0n) is 15.3. The highest BCUT2D eigenvalue weighted by Gasteiger charge is 2.23. The van der Waals surface area contributed by atoms with Crippen LogP contribution in [0, 0.1) is 0 Å². The van der Waals surface area contributed by atoms with Gasteiger partial charge in [-0.05, 0) is 49.4 Å². The number of rotatable bonds is 6. The van der Waals surface area contributed by atoms with Gasteiger partial charge in [0.15, 0.2) is 6.10 Å². The summed E-state index contributed by atoms with van der Waals surface area (Å²) in [4.78, 5) is 25.8. The molecule has 6 nitrogen and oxygen atoms in total. The lowest BCUT2D eigenvalue weighted by Crippen LogP contribution is -2.35. The van der Waals surface area contributed by atoms with Crippen molar-refractivity contribution >= 4 is 29.1 Å². The largest absolute Gasteiger partial charge is 0.479 e. The summed E-state index contributed by atoms with van der Waals surface area (Å²) in [5.41, 5.74) is 2.64. The smallest absolute Gasteiger partial charge is 0.265 e. The summed E-state index contributed by atoms with van der Waals surface area (Å²) in [6, 6.07) is 13.0. The summed E-state index contributed by atoms with van der Waals surface area (Å²) < 4.78 is 5.55. The summed E-state index contributed by atoms with van der Waals surface area (Å²) in [6.07, 6.45) is -0.490. The number of nitrogens with zero attached hydrogens (tertiary/aromatic N) is 1. The lowest BCUT2D eigenvalue weighted by Gasteiger charge is -2.24. The molecule has 2 aromatic rings. The van der Waals surface area contributed by atoms with Crippen LogP contribution in [0.15, 0.2) is 42.5 Å². The second-order valence-corrected chi connectivity index (χ2v) is 7.09. The second kappa shape index (κ2) is 8.41. The van der Waals surface area contributed by atoms with Gasteiger partial charge in [0.05, 0.1) is 12.2 Å². The van der Waals surface area contributed by atoms with Crippen molar-refractivity contribution in [2.75, 3.05) is 18.9 Å². The Bertz CT molecular complexity index is 839. The maximum Gasteiger partial charge on any atom is 0.265 e. The molecule has 142 valence electrons. The number of halogens is 1. The van der Waals surface area contributed by atoms with E-state index in [4.69, 9.17) is 16.3 Å². The summed E-state index contributed by atoms with van der Waals surface area (Å²) >= 11 is 5.85. The Morgan fingerprint density at radius 1 is 1.22 bits per heavy atom. The molecule has 0 aromatic heterocycles. The van der Waals surface area contributed by atoms with E-state index in [2.05, 4.69) is 10.6 Å². The molecule has 0 fully saturated rings. The third-order valence-electron chi connectivity index (χ3n) is 4.24. The number of benzene rings is 2. The number of amides is 2. The monoisotopic (exact) mass is 387 g/mol. The SMILES string of the molecule is CC1Oc2ccc(CN(C)CC(=O)NCc3ccc(Cl)cc3)cc2NC1=O. The van der Waals surface area contributed by atoms with Gasteiger partial charge < -0.3 is 15.4 Å². The minimum atomic E-state index is -0.490. The Hall–Kier alpha value is -2.57. The predicted molar refractivity (Wildman–Crippen MR) is 105 cm³/mol. The van der Waals surface area contributed by atoms with Crippen LogP contribution in [0.1, 0.15) is 18.1 Å². The van der Waals surface area contributed by atoms with Crippen LogP contribution in [0.5, 0.6) is 5.75 Å². The van der Waals surface area contributed by atoms with E-state index in [1.54, 1.807) is 19.1 Å². The number of hydrogen-bond donors (Lipinski definition) is 2. The quantitative estimate of drug-likeness (QED) is 0.799. The Balaban J connectivity index is 1.51. The number of fused-ring (bicyclic) bond motifs is 1. The lowest BCUT2D eigenvalue weighted by molar-refractivity contribution is -0.123. The molecule has 1 aliphatic heterocycles. The fourth-order valence-corrected chi connectivity index (χ4v) is 2.95. The first kappa shape index (κ1) is 19.2. The molecule has 27 heavy (non-hydrogen) atoms. The molecule has 1 atom stereocenters. The zero-order chi connectivity index (χ0) is 19.4. The highest BCUT2D eigenvalue weighted by atomic mass is 35.5. The molecule has 0 saturated carbocycles. The summed E-state index contributed by atoms with van der Waals surface area (Å²) in [5.74, 6) is 0.444. The molecule has 0 radical (unpaired) electrons. The van der Waals surface area contributed by atoms with Crippen molar-refractivity contribution < 1.29 is 14.3 Å². The van der Waals surface area contributed by atoms with Crippen molar-refractivity contribution in [1.29, 1.82) is 0 Å². The normalized spacial score (nSPS) is 15.7. The van der Waals surface area contributed by atoms with Crippen LogP contribution in [-0.2, 0) is 22.7 Å². The maximum atomic E-state index is 12.1. The molecule has 1 heterocycles. The van der Waals surface area contributed by atoms with E-state index in [1.807, 2.05) is 42.3 Å². The molecule has 0 spiro atoms. The van der Waals surface area contributed by atoms with Crippen molar-refractivity contribution in [3.05, 3.63) is 58.6 Å². The van der Waals surface area contributed by atoms with Crippen LogP contribution in [0.25, 0.3) is 0 Å². The van der Waals surface area contributed by atoms with Gasteiger partial charge in [0.1, 0.15) is 5.75 Å². The third-order valence-corrected chi connectivity index (χ3v) is 4.50. The average Bonchev–Trinajstić information content (AvgIpc) is 2.62. The Morgan fingerprint density at radius 3 is 2.67 bits per heavy atom. The van der Waals surface area contributed by atoms with Gasteiger partial charge in [-0.25, -0.2) is 0 Å². The van der Waals surface area contributed by atoms with Gasteiger partial charge in [-0.2, -0.15) is 0 Å². The van der Waals surface area contributed by atoms with Gasteiger partial charge in [-0.15, -0.1) is 0 Å². The molecular weight excluding hydrogens is 366 g/mol. The number of nitrogens with one attached hydrogen (secondary N) is 2. The van der Waals surface area contributed by atoms with Crippen molar-refractivity contribution in [2.45, 2.75) is 26.1 Å². The van der Waals surface area contributed by atoms with Crippen LogP contribution in [0.3, 0.4) is 0 Å². The molecule has 2 aromatic carbocycles. The third kappa shape index (κ3) is 5.21. The first-order valence-corrected chi connectivity index (χ1v) is 9.08. The van der Waals surface area contributed by atoms with E-state index >= 15 is 0 Å². The van der Waals surface area contributed by atoms with Crippen LogP contribution in [0.2, 0.25) is 5.02 Å². The molecule has 0 aliphatic carbocycles. The molecule has 7 heteroatoms. The fourth-order valence-electron chi connectivity index (χ4n) is 2.83. The van der Waals surface area contributed by atoms with E-state index < -0.39 is 6.10 Å². The van der Waals surface area contributed by atoms with Gasteiger partial charge in [-0.3, -0.25) is 14.5 Å². The van der Waals surface area contributed by atoms with Crippen molar-refractivity contribution in [3.8, 4) is 5.75 Å². The number of hydrogen-bond acceptors (Lipinski definition) is 4. The number of carbonyl (C=O) groups is 2. The first-order chi connectivity index (χ1) is 12.9. The van der Waals surface area contributed by atoms with E-state index in [0.717, 1.165) is 11.1 Å². The van der Waals surface area contributed by atoms with E-state index in [-0.39, 0.29) is 18.4 Å². The molecule has 0 saturated heterocycles. The number of carbonyl (C=O) groups excluding carboxylic acids is 2. The second-order valence-electron chi connectivity index (χ2n) is 6.66. The van der Waals surface area contributed by atoms with Crippen molar-refractivity contribution in [2.24, 2.45) is 0 Å². The van der Waals surface area contributed by atoms with Gasteiger partial charge in [0.25, 0.3) is 5.91 Å². The van der Waals surface area contributed by atoms with Gasteiger partial charge in [0, 0.05) is 18.1 Å². The number of ether oxygens (including phenoxy) is 1. The van der Waals surface area contributed by atoms with Crippen molar-refractivity contribution in [1.82, 2.24) is 10.2 Å². The summed E-state index contributed by atoms with van der Waals surface area (Å²) in [5, 5.41) is 6.40. The Kier molecular flexibility index (Phi) is 5.98. The van der Waals surface area contributed by atoms with Crippen LogP contribution >= 0.6 is 11.6 Å². The van der Waals surface area contributed by atoms with Crippen LogP contribution in [0.4, 0.5) is 5.69 Å². The van der Waals surface area contributed by atoms with E-state index in [9.17, 15) is 9.59 Å². The van der Waals surface area contributed by atoms with Crippen molar-refractivity contribution in [3.63, 3.8) is 0 Å². The molecule has 1 unspecified atom stereocenters. The lowest BCUT2D eigenvalue weighted by atomic mass is 10.1. The average molecular weight is 388 g/mol.